The van der Waals surface area contributed by atoms with Crippen LogP contribution in [0.5, 0.6) is 0 Å². The van der Waals surface area contributed by atoms with Crippen molar-refractivity contribution in [2.75, 3.05) is 31.1 Å². The highest BCUT2D eigenvalue weighted by molar-refractivity contribution is 8.32. The van der Waals surface area contributed by atoms with Crippen LogP contribution < -0.4 is 0 Å². The first-order valence-electron chi connectivity index (χ1n) is 5.01. The fraction of sp³-hybridized carbons (Fsp3) is 0.700. The zero-order valence-corrected chi connectivity index (χ0v) is 10.9. The minimum absolute atomic E-state index is 0.110. The van der Waals surface area contributed by atoms with Crippen molar-refractivity contribution in [1.29, 1.82) is 0 Å². The second-order valence-corrected chi connectivity index (χ2v) is 9.19. The molecule has 1 rings (SSSR count). The van der Waals surface area contributed by atoms with E-state index in [1.54, 1.807) is 0 Å². The molecule has 0 aliphatic carbocycles. The van der Waals surface area contributed by atoms with E-state index in [4.69, 9.17) is 4.74 Å². The largest absolute Gasteiger partial charge is 0.434 e. The van der Waals surface area contributed by atoms with E-state index in [2.05, 4.69) is 23.8 Å². The molecule has 0 amide bonds. The molecule has 3 nitrogen and oxygen atoms in total. The molecule has 100 valence electrons. The average molecular weight is 270 g/mol. The van der Waals surface area contributed by atoms with Gasteiger partial charge >= 0.3 is 6.18 Å². The summed E-state index contributed by atoms with van der Waals surface area (Å²) in [6.45, 7) is 0.664. The predicted molar refractivity (Wildman–Crippen MR) is 63.4 cm³/mol. The van der Waals surface area contributed by atoms with Gasteiger partial charge < -0.3 is 9.30 Å². The van der Waals surface area contributed by atoms with Gasteiger partial charge in [0.25, 0.3) is 0 Å². The van der Waals surface area contributed by atoms with E-state index >= 15 is 0 Å². The van der Waals surface area contributed by atoms with Gasteiger partial charge in [-0.05, 0) is 18.8 Å². The van der Waals surface area contributed by atoms with Crippen LogP contribution >= 0.6 is 10.0 Å². The number of alkyl halides is 3. The summed E-state index contributed by atoms with van der Waals surface area (Å²) < 4.78 is 43.3. The summed E-state index contributed by atoms with van der Waals surface area (Å²) in [7, 11) is -0.626. The van der Waals surface area contributed by atoms with Gasteiger partial charge in [-0.25, -0.2) is 15.0 Å². The van der Waals surface area contributed by atoms with Crippen molar-refractivity contribution in [2.45, 2.75) is 12.9 Å². The van der Waals surface area contributed by atoms with E-state index in [1.165, 1.54) is 4.57 Å². The maximum absolute atomic E-state index is 12.2. The third kappa shape index (κ3) is 5.45. The molecule has 0 N–H and O–H groups in total. The Kier molecular flexibility index (Phi) is 4.48. The Hall–Kier alpha value is -0.690. The van der Waals surface area contributed by atoms with Crippen LogP contribution in [0.25, 0.3) is 0 Å². The van der Waals surface area contributed by atoms with Crippen LogP contribution in [-0.2, 0) is 17.6 Å². The SMILES string of the molecule is CS(C)(C)CCOCn1cnc(C(F)(F)F)c1. The van der Waals surface area contributed by atoms with Gasteiger partial charge in [0.15, 0.2) is 5.69 Å². The molecular formula is C10H17F3N2OS. The van der Waals surface area contributed by atoms with E-state index < -0.39 is 21.9 Å². The number of nitrogens with zero attached hydrogens (tertiary/aromatic N) is 2. The van der Waals surface area contributed by atoms with Crippen LogP contribution in [0.3, 0.4) is 0 Å². The fourth-order valence-electron chi connectivity index (χ4n) is 1.06. The molecule has 1 aromatic heterocycles. The zero-order chi connectivity index (χ0) is 13.1. The molecule has 17 heavy (non-hydrogen) atoms. The minimum Gasteiger partial charge on any atom is -0.360 e. The van der Waals surface area contributed by atoms with Gasteiger partial charge in [-0.3, -0.25) is 0 Å². The monoisotopic (exact) mass is 270 g/mol. The van der Waals surface area contributed by atoms with Gasteiger partial charge in [0.2, 0.25) is 0 Å². The lowest BCUT2D eigenvalue weighted by atomic mass is 10.5. The minimum atomic E-state index is -4.39. The summed E-state index contributed by atoms with van der Waals surface area (Å²) in [6, 6.07) is 0. The second kappa shape index (κ2) is 5.30. The van der Waals surface area contributed by atoms with Crippen LogP contribution in [-0.4, -0.2) is 40.7 Å². The number of hydrogen-bond acceptors (Lipinski definition) is 2. The summed E-state index contributed by atoms with van der Waals surface area (Å²) in [5, 5.41) is 0. The lowest BCUT2D eigenvalue weighted by Crippen LogP contribution is -2.09. The Bertz CT molecular complexity index is 357. The zero-order valence-electron chi connectivity index (χ0n) is 10.1. The van der Waals surface area contributed by atoms with Crippen molar-refractivity contribution in [3.05, 3.63) is 18.2 Å². The third-order valence-corrected chi connectivity index (χ3v) is 3.40. The summed E-state index contributed by atoms with van der Waals surface area (Å²) in [6.07, 6.45) is 4.18. The molecule has 1 heterocycles. The molecule has 1 aromatic rings. The van der Waals surface area contributed by atoms with Gasteiger partial charge in [0, 0.05) is 11.9 Å². The van der Waals surface area contributed by atoms with Crippen molar-refractivity contribution >= 4 is 10.0 Å². The van der Waals surface area contributed by atoms with Gasteiger partial charge in [-0.1, -0.05) is 0 Å². The first-order valence-corrected chi connectivity index (χ1v) is 8.04. The van der Waals surface area contributed by atoms with Crippen LogP contribution in [0, 0.1) is 0 Å². The van der Waals surface area contributed by atoms with Crippen molar-refractivity contribution < 1.29 is 17.9 Å². The highest BCUT2D eigenvalue weighted by Gasteiger charge is 2.33. The fourth-order valence-corrected chi connectivity index (χ4v) is 1.67. The number of ether oxygens (including phenoxy) is 1. The van der Waals surface area contributed by atoms with Crippen LogP contribution in [0.15, 0.2) is 12.5 Å². The van der Waals surface area contributed by atoms with E-state index in [0.29, 0.717) is 6.61 Å². The van der Waals surface area contributed by atoms with Crippen molar-refractivity contribution in [3.63, 3.8) is 0 Å². The molecule has 0 aliphatic heterocycles. The molecule has 0 spiro atoms. The topological polar surface area (TPSA) is 27.1 Å². The molecule has 0 aliphatic rings. The smallest absolute Gasteiger partial charge is 0.360 e. The molecular weight excluding hydrogens is 253 g/mol. The van der Waals surface area contributed by atoms with Crippen LogP contribution in [0.2, 0.25) is 0 Å². The first-order chi connectivity index (χ1) is 7.68. The summed E-state index contributed by atoms with van der Waals surface area (Å²) in [5.41, 5.74) is -0.887. The van der Waals surface area contributed by atoms with Crippen molar-refractivity contribution in [2.24, 2.45) is 0 Å². The van der Waals surface area contributed by atoms with Crippen molar-refractivity contribution in [3.8, 4) is 0 Å². The summed E-state index contributed by atoms with van der Waals surface area (Å²) in [4.78, 5) is 3.28. The average Bonchev–Trinajstić information content (AvgIpc) is 2.58. The van der Waals surface area contributed by atoms with Gasteiger partial charge in [-0.15, -0.1) is 0 Å². The first kappa shape index (κ1) is 14.4. The highest BCUT2D eigenvalue weighted by Crippen LogP contribution is 2.33. The number of imidazole rings is 1. The Morgan fingerprint density at radius 1 is 1.35 bits per heavy atom. The quantitative estimate of drug-likeness (QED) is 0.769. The molecule has 7 heteroatoms. The standard InChI is InChI=1S/C10H17F3N2OS/c1-17(2,3)5-4-16-8-15-6-9(14-7-15)10(11,12)13/h6-7H,4-5,8H2,1-3H3. The molecule has 0 saturated carbocycles. The molecule has 0 atom stereocenters. The van der Waals surface area contributed by atoms with Gasteiger partial charge in [-0.2, -0.15) is 13.2 Å². The maximum Gasteiger partial charge on any atom is 0.434 e. The number of hydrogen-bond donors (Lipinski definition) is 0. The Labute approximate surface area is 100 Å². The second-order valence-electron chi connectivity index (χ2n) is 4.60. The molecule has 0 aromatic carbocycles. The number of halogens is 3. The summed E-state index contributed by atoms with van der Waals surface area (Å²) in [5.74, 6) is 0.938. The van der Waals surface area contributed by atoms with Crippen LogP contribution in [0.4, 0.5) is 13.2 Å². The molecule has 0 unspecified atom stereocenters. The predicted octanol–water partition coefficient (Wildman–Crippen LogP) is 2.57. The number of aromatic nitrogens is 2. The Balaban J connectivity index is 2.36. The van der Waals surface area contributed by atoms with E-state index in [9.17, 15) is 13.2 Å². The van der Waals surface area contributed by atoms with Crippen LogP contribution in [0.1, 0.15) is 5.69 Å². The van der Waals surface area contributed by atoms with Gasteiger partial charge in [0.05, 0.1) is 12.9 Å². The highest BCUT2D eigenvalue weighted by atomic mass is 32.3. The third-order valence-electron chi connectivity index (χ3n) is 2.00. The normalized spacial score (nSPS) is 14.0. The van der Waals surface area contributed by atoms with Crippen molar-refractivity contribution in [1.82, 2.24) is 9.55 Å². The van der Waals surface area contributed by atoms with E-state index in [-0.39, 0.29) is 6.73 Å². The van der Waals surface area contributed by atoms with E-state index in [1.807, 2.05) is 0 Å². The van der Waals surface area contributed by atoms with E-state index in [0.717, 1.165) is 18.3 Å². The maximum atomic E-state index is 12.2. The Morgan fingerprint density at radius 3 is 2.47 bits per heavy atom. The lowest BCUT2D eigenvalue weighted by Gasteiger charge is -2.24. The molecule has 0 radical (unpaired) electrons. The molecule has 0 bridgehead atoms. The summed E-state index contributed by atoms with van der Waals surface area (Å²) >= 11 is 0. The molecule has 0 saturated heterocycles. The van der Waals surface area contributed by atoms with Gasteiger partial charge in [0.1, 0.15) is 6.73 Å². The lowest BCUT2D eigenvalue weighted by molar-refractivity contribution is -0.141. The Morgan fingerprint density at radius 2 is 2.00 bits per heavy atom. The molecule has 0 fully saturated rings. The number of rotatable bonds is 5.